The lowest BCUT2D eigenvalue weighted by Gasteiger charge is -2.32. The summed E-state index contributed by atoms with van der Waals surface area (Å²) in [7, 11) is 0. The van der Waals surface area contributed by atoms with E-state index >= 15 is 0 Å². The highest BCUT2D eigenvalue weighted by Crippen LogP contribution is 2.45. The minimum Gasteiger partial charge on any atom is -0.364 e. The van der Waals surface area contributed by atoms with Crippen LogP contribution < -0.4 is 5.32 Å². The molecule has 3 heteroatoms. The zero-order valence-electron chi connectivity index (χ0n) is 28.9. The Hall–Kier alpha value is -6.06. The molecule has 0 bridgehead atoms. The van der Waals surface area contributed by atoms with Crippen LogP contribution in [0.1, 0.15) is 25.6 Å². The van der Waals surface area contributed by atoms with Gasteiger partial charge in [0.2, 0.25) is 0 Å². The molecule has 0 fully saturated rings. The molecule has 246 valence electrons. The van der Waals surface area contributed by atoms with Gasteiger partial charge in [0.05, 0.1) is 22.1 Å². The first-order valence-electron chi connectivity index (χ1n) is 18.2. The monoisotopic (exact) mass is 657 g/mol. The minimum atomic E-state index is 0.0591. The van der Waals surface area contributed by atoms with Crippen LogP contribution in [0.5, 0.6) is 0 Å². The van der Waals surface area contributed by atoms with Crippen LogP contribution in [0.4, 0.5) is 0 Å². The molecule has 0 saturated heterocycles. The van der Waals surface area contributed by atoms with E-state index in [9.17, 15) is 0 Å². The molecule has 4 unspecified atom stereocenters. The van der Waals surface area contributed by atoms with Gasteiger partial charge in [-0.2, -0.15) is 0 Å². The summed E-state index contributed by atoms with van der Waals surface area (Å²) in [5.74, 6) is 1.13. The number of benzene rings is 6. The summed E-state index contributed by atoms with van der Waals surface area (Å²) >= 11 is 0. The van der Waals surface area contributed by atoms with Gasteiger partial charge in [0.25, 0.3) is 0 Å². The highest BCUT2D eigenvalue weighted by atomic mass is 15.2. The molecule has 2 aromatic heterocycles. The third kappa shape index (κ3) is 4.65. The van der Waals surface area contributed by atoms with Crippen molar-refractivity contribution < 1.29 is 0 Å². The Kier molecular flexibility index (Phi) is 6.89. The maximum Gasteiger partial charge on any atom is 0.107 e. The van der Waals surface area contributed by atoms with Crippen LogP contribution in [0.25, 0.3) is 66.1 Å². The summed E-state index contributed by atoms with van der Waals surface area (Å²) in [6, 6.07) is 53.3. The smallest absolute Gasteiger partial charge is 0.107 e. The number of hydrogen-bond donors (Lipinski definition) is 1. The quantitative estimate of drug-likeness (QED) is 0.200. The third-order valence-corrected chi connectivity index (χ3v) is 11.6. The molecular formula is C48H39N3. The summed E-state index contributed by atoms with van der Waals surface area (Å²) < 4.78 is 4.97. The molecule has 1 N–H and O–H groups in total. The minimum absolute atomic E-state index is 0.0591. The van der Waals surface area contributed by atoms with Crippen molar-refractivity contribution in [1.29, 1.82) is 0 Å². The fraction of sp³-hybridized carbons (Fsp3) is 0.125. The second kappa shape index (κ2) is 11.8. The predicted octanol–water partition coefficient (Wildman–Crippen LogP) is 12.1. The highest BCUT2D eigenvalue weighted by molar-refractivity contribution is 6.12. The van der Waals surface area contributed by atoms with E-state index in [1.54, 1.807) is 0 Å². The topological polar surface area (TPSA) is 21.9 Å². The van der Waals surface area contributed by atoms with E-state index in [0.29, 0.717) is 17.8 Å². The molecule has 0 saturated carbocycles. The lowest BCUT2D eigenvalue weighted by molar-refractivity contribution is 0.235. The van der Waals surface area contributed by atoms with Gasteiger partial charge in [0.15, 0.2) is 0 Å². The largest absolute Gasteiger partial charge is 0.364 e. The first-order chi connectivity index (χ1) is 25.2. The summed E-state index contributed by atoms with van der Waals surface area (Å²) in [6.45, 7) is 4.86. The maximum atomic E-state index is 4.15. The van der Waals surface area contributed by atoms with Crippen molar-refractivity contribution in [3.05, 3.63) is 181 Å². The van der Waals surface area contributed by atoms with Gasteiger partial charge in [-0.3, -0.25) is 0 Å². The van der Waals surface area contributed by atoms with Crippen LogP contribution in [0, 0.1) is 17.8 Å². The third-order valence-electron chi connectivity index (χ3n) is 11.6. The van der Waals surface area contributed by atoms with Gasteiger partial charge < -0.3 is 14.5 Å². The number of aromatic nitrogens is 2. The second-order valence-corrected chi connectivity index (χ2v) is 14.3. The van der Waals surface area contributed by atoms with Crippen molar-refractivity contribution in [1.82, 2.24) is 14.5 Å². The Labute approximate surface area is 298 Å². The van der Waals surface area contributed by atoms with E-state index in [0.717, 1.165) is 0 Å². The first-order valence-corrected chi connectivity index (χ1v) is 18.2. The maximum absolute atomic E-state index is 4.15. The summed E-state index contributed by atoms with van der Waals surface area (Å²) in [6.07, 6.45) is 9.18. The highest BCUT2D eigenvalue weighted by Gasteiger charge is 2.37. The van der Waals surface area contributed by atoms with Crippen molar-refractivity contribution >= 4 is 49.3 Å². The molecule has 3 heterocycles. The Morgan fingerprint density at radius 2 is 1.06 bits per heavy atom. The van der Waals surface area contributed by atoms with Crippen molar-refractivity contribution in [2.45, 2.75) is 20.0 Å². The van der Waals surface area contributed by atoms with Crippen molar-refractivity contribution in [3.8, 4) is 16.8 Å². The van der Waals surface area contributed by atoms with Crippen LogP contribution in [-0.2, 0) is 0 Å². The van der Waals surface area contributed by atoms with Gasteiger partial charge in [-0.1, -0.05) is 135 Å². The number of rotatable bonds is 4. The Morgan fingerprint density at radius 3 is 1.80 bits per heavy atom. The van der Waals surface area contributed by atoms with E-state index in [1.165, 1.54) is 77.3 Å². The number of nitrogens with one attached hydrogen (secondary N) is 1. The first kappa shape index (κ1) is 29.8. The van der Waals surface area contributed by atoms with E-state index in [4.69, 9.17) is 0 Å². The average Bonchev–Trinajstić information content (AvgIpc) is 3.67. The zero-order chi connectivity index (χ0) is 34.1. The molecule has 6 aromatic carbocycles. The van der Waals surface area contributed by atoms with Crippen LogP contribution >= 0.6 is 0 Å². The summed E-state index contributed by atoms with van der Waals surface area (Å²) in [4.78, 5) is 0. The van der Waals surface area contributed by atoms with Crippen molar-refractivity contribution in [3.63, 3.8) is 0 Å². The molecular weight excluding hydrogens is 619 g/mol. The van der Waals surface area contributed by atoms with Gasteiger partial charge in [0, 0.05) is 38.8 Å². The van der Waals surface area contributed by atoms with Gasteiger partial charge in [-0.25, -0.2) is 0 Å². The van der Waals surface area contributed by atoms with E-state index < -0.39 is 0 Å². The normalized spacial score (nSPS) is 20.3. The standard InChI is InChI=1S/C48H39N3/c1-31-32(2)48(49-47(33-15-5-3-6-16-33)40-22-10-9-19-37(31)40)51-44-24-14-12-21-39(44)42-30-35(26-28-46(42)51)34-25-27-45-41(29-34)38-20-11-13-23-43(38)50(45)36-17-7-4-8-18-36/h3-32,37,48-49H,1-2H3. The van der Waals surface area contributed by atoms with E-state index in [-0.39, 0.29) is 6.17 Å². The Morgan fingerprint density at radius 1 is 0.490 bits per heavy atom. The molecule has 0 amide bonds. The molecule has 1 aliphatic heterocycles. The van der Waals surface area contributed by atoms with Gasteiger partial charge >= 0.3 is 0 Å². The van der Waals surface area contributed by atoms with E-state index in [2.05, 4.69) is 198 Å². The molecule has 51 heavy (non-hydrogen) atoms. The summed E-state index contributed by atoms with van der Waals surface area (Å²) in [5, 5.41) is 9.26. The number of hydrogen-bond acceptors (Lipinski definition) is 1. The van der Waals surface area contributed by atoms with Gasteiger partial charge in [-0.15, -0.1) is 0 Å². The molecule has 10 rings (SSSR count). The molecule has 2 aliphatic rings. The van der Waals surface area contributed by atoms with Crippen molar-refractivity contribution in [2.24, 2.45) is 17.8 Å². The zero-order valence-corrected chi connectivity index (χ0v) is 28.9. The van der Waals surface area contributed by atoms with Crippen molar-refractivity contribution in [2.75, 3.05) is 0 Å². The molecule has 0 radical (unpaired) electrons. The van der Waals surface area contributed by atoms with Crippen LogP contribution in [0.2, 0.25) is 0 Å². The average molecular weight is 658 g/mol. The SMILES string of the molecule is CC1C2C=CC=CC2=C(c2ccccc2)NC(n2c3ccccc3c3cc(-c4ccc5c(c4)c4ccccc4n5-c4ccccc4)ccc32)C1C. The Bertz CT molecular complexity index is 2700. The molecule has 8 aromatic rings. The van der Waals surface area contributed by atoms with Crippen LogP contribution in [-0.4, -0.2) is 9.13 Å². The Balaban J connectivity index is 1.14. The molecule has 0 spiro atoms. The number of nitrogens with zero attached hydrogens (tertiary/aromatic N) is 2. The van der Waals surface area contributed by atoms with E-state index in [1.807, 2.05) is 0 Å². The van der Waals surface area contributed by atoms with Crippen LogP contribution in [0.3, 0.4) is 0 Å². The van der Waals surface area contributed by atoms with Crippen LogP contribution in [0.15, 0.2) is 175 Å². The molecule has 4 atom stereocenters. The molecule has 1 aliphatic carbocycles. The lowest BCUT2D eigenvalue weighted by atomic mass is 9.77. The number of para-hydroxylation sites is 3. The fourth-order valence-electron chi connectivity index (χ4n) is 8.89. The number of fused-ring (bicyclic) bond motifs is 7. The van der Waals surface area contributed by atoms with Gasteiger partial charge in [0.1, 0.15) is 6.17 Å². The predicted molar refractivity (Wildman–Crippen MR) is 215 cm³/mol. The number of allylic oxidation sites excluding steroid dienone is 5. The molecule has 3 nitrogen and oxygen atoms in total. The summed E-state index contributed by atoms with van der Waals surface area (Å²) in [5.41, 5.74) is 12.4. The second-order valence-electron chi connectivity index (χ2n) is 14.3. The fourth-order valence-corrected chi connectivity index (χ4v) is 8.89. The van der Waals surface area contributed by atoms with Gasteiger partial charge in [-0.05, 0) is 82.6 Å². The lowest BCUT2D eigenvalue weighted by Crippen LogP contribution is -2.33.